The van der Waals surface area contributed by atoms with Crippen molar-refractivity contribution in [2.24, 2.45) is 0 Å². The molecule has 1 aromatic carbocycles. The van der Waals surface area contributed by atoms with E-state index in [2.05, 4.69) is 37.0 Å². The molecule has 0 saturated carbocycles. The van der Waals surface area contributed by atoms with Crippen LogP contribution in [0, 0.1) is 12.3 Å². The van der Waals surface area contributed by atoms with Crippen LogP contribution < -0.4 is 15.0 Å². The summed E-state index contributed by atoms with van der Waals surface area (Å²) >= 11 is 0. The van der Waals surface area contributed by atoms with Crippen LogP contribution in [0.4, 0.5) is 21.7 Å². The second-order valence-electron chi connectivity index (χ2n) is 10.1. The van der Waals surface area contributed by atoms with Gasteiger partial charge in [-0.15, -0.1) is 0 Å². The van der Waals surface area contributed by atoms with E-state index in [9.17, 15) is 0 Å². The number of methoxy groups -OCH3 is 1. The van der Waals surface area contributed by atoms with Crippen molar-refractivity contribution in [2.45, 2.75) is 31.5 Å². The zero-order valence-electron chi connectivity index (χ0n) is 21.3. The Morgan fingerprint density at radius 2 is 1.92 bits per heavy atom. The van der Waals surface area contributed by atoms with E-state index in [1.54, 1.807) is 7.11 Å². The van der Waals surface area contributed by atoms with Crippen molar-refractivity contribution >= 4 is 23.5 Å². The number of rotatable bonds is 7. The Labute approximate surface area is 212 Å². The molecule has 0 radical (unpaired) electrons. The second kappa shape index (κ2) is 10.7. The fourth-order valence-corrected chi connectivity index (χ4v) is 5.32. The Bertz CT molecular complexity index is 1090. The zero-order valence-corrected chi connectivity index (χ0v) is 21.3. The van der Waals surface area contributed by atoms with E-state index in [1.807, 2.05) is 25.1 Å². The maximum atomic E-state index is 15.4. The van der Waals surface area contributed by atoms with E-state index >= 15 is 4.39 Å². The number of anilines is 3. The van der Waals surface area contributed by atoms with Gasteiger partial charge in [0.15, 0.2) is 0 Å². The standard InChI is InChI=1S/C26H36FN7O2/c1-17-10-18(13-28)23(11-21(17)20-4-5-34(14-22(20)27)19-15-36-16-19)29-24-12-25(31-26(30-24)35-3)33-8-6-32(2)7-9-33/h10-13,19-20,22,28H,4-9,14-16H2,1-3H3,(H,29,30,31). The molecule has 1 aromatic heterocycles. The third-order valence-corrected chi connectivity index (χ3v) is 7.67. The van der Waals surface area contributed by atoms with E-state index in [0.717, 1.165) is 67.3 Å². The Balaban J connectivity index is 1.40. The number of halogens is 1. The van der Waals surface area contributed by atoms with Gasteiger partial charge in [-0.25, -0.2) is 4.39 Å². The minimum Gasteiger partial charge on any atom is -0.467 e. The molecule has 0 bridgehead atoms. The largest absolute Gasteiger partial charge is 0.467 e. The second-order valence-corrected chi connectivity index (χ2v) is 10.1. The van der Waals surface area contributed by atoms with Crippen LogP contribution >= 0.6 is 0 Å². The molecule has 36 heavy (non-hydrogen) atoms. The lowest BCUT2D eigenvalue weighted by Crippen LogP contribution is -2.54. The van der Waals surface area contributed by atoms with Gasteiger partial charge in [0.25, 0.3) is 0 Å². The van der Waals surface area contributed by atoms with Crippen LogP contribution in [0.3, 0.4) is 0 Å². The fourth-order valence-electron chi connectivity index (χ4n) is 5.32. The minimum absolute atomic E-state index is 0.177. The van der Waals surface area contributed by atoms with E-state index in [4.69, 9.17) is 14.9 Å². The molecule has 4 heterocycles. The van der Waals surface area contributed by atoms with Crippen molar-refractivity contribution in [3.8, 4) is 6.01 Å². The number of alkyl halides is 1. The lowest BCUT2D eigenvalue weighted by atomic mass is 9.84. The molecular formula is C26H36FN7O2. The van der Waals surface area contributed by atoms with Crippen molar-refractivity contribution in [3.05, 3.63) is 34.9 Å². The first-order valence-electron chi connectivity index (χ1n) is 12.7. The number of aryl methyl sites for hydroxylation is 1. The number of likely N-dealkylation sites (N-methyl/N-ethyl adjacent to an activating group) is 1. The number of nitrogens with one attached hydrogen (secondary N) is 2. The van der Waals surface area contributed by atoms with Crippen molar-refractivity contribution in [2.75, 3.05) is 76.9 Å². The Morgan fingerprint density at radius 1 is 1.14 bits per heavy atom. The molecule has 0 aliphatic carbocycles. The molecule has 2 aromatic rings. The first kappa shape index (κ1) is 24.9. The monoisotopic (exact) mass is 497 g/mol. The van der Waals surface area contributed by atoms with Gasteiger partial charge in [0.05, 0.1) is 26.4 Å². The van der Waals surface area contributed by atoms with Gasteiger partial charge in [0.1, 0.15) is 17.8 Å². The highest BCUT2D eigenvalue weighted by molar-refractivity contribution is 5.88. The molecular weight excluding hydrogens is 461 g/mol. The Morgan fingerprint density at radius 3 is 2.56 bits per heavy atom. The average Bonchev–Trinajstić information content (AvgIpc) is 2.84. The molecule has 5 rings (SSSR count). The van der Waals surface area contributed by atoms with Crippen LogP contribution in [-0.2, 0) is 4.74 Å². The molecule has 3 aliphatic heterocycles. The van der Waals surface area contributed by atoms with Crippen LogP contribution in [0.25, 0.3) is 0 Å². The van der Waals surface area contributed by atoms with Crippen LogP contribution in [0.1, 0.15) is 29.0 Å². The van der Waals surface area contributed by atoms with Gasteiger partial charge in [-0.3, -0.25) is 4.90 Å². The lowest BCUT2D eigenvalue weighted by molar-refractivity contribution is -0.0807. The highest BCUT2D eigenvalue weighted by atomic mass is 19.1. The fraction of sp³-hybridized carbons (Fsp3) is 0.577. The number of piperazine rings is 1. The summed E-state index contributed by atoms with van der Waals surface area (Å²) in [7, 11) is 3.68. The number of benzene rings is 1. The Hall–Kier alpha value is -2.82. The van der Waals surface area contributed by atoms with Crippen LogP contribution in [-0.4, -0.2) is 105 Å². The van der Waals surface area contributed by atoms with E-state index in [1.165, 1.54) is 6.21 Å². The summed E-state index contributed by atoms with van der Waals surface area (Å²) in [5.41, 5.74) is 3.46. The molecule has 2 unspecified atom stereocenters. The van der Waals surface area contributed by atoms with Crippen molar-refractivity contribution in [3.63, 3.8) is 0 Å². The molecule has 0 amide bonds. The number of hydrogen-bond donors (Lipinski definition) is 2. The molecule has 3 aliphatic rings. The summed E-state index contributed by atoms with van der Waals surface area (Å²) < 4.78 is 26.1. The molecule has 10 heteroatoms. The SMILES string of the molecule is COc1nc(Nc2cc(C3CCN(C4COC4)CC3F)c(C)cc2C=N)cc(N2CCN(C)CC2)n1. The number of nitrogens with zero attached hydrogens (tertiary/aromatic N) is 5. The predicted octanol–water partition coefficient (Wildman–Crippen LogP) is 2.81. The first-order chi connectivity index (χ1) is 17.4. The molecule has 194 valence electrons. The molecule has 3 fully saturated rings. The number of likely N-dealkylation sites (tertiary alicyclic amines) is 1. The van der Waals surface area contributed by atoms with Crippen molar-refractivity contribution < 1.29 is 13.9 Å². The summed E-state index contributed by atoms with van der Waals surface area (Å²) in [6.45, 7) is 8.39. The molecule has 9 nitrogen and oxygen atoms in total. The Kier molecular flexibility index (Phi) is 7.36. The van der Waals surface area contributed by atoms with Crippen LogP contribution in [0.15, 0.2) is 18.2 Å². The molecule has 2 atom stereocenters. The third-order valence-electron chi connectivity index (χ3n) is 7.67. The maximum absolute atomic E-state index is 15.4. The van der Waals surface area contributed by atoms with Gasteiger partial charge in [-0.1, -0.05) is 0 Å². The predicted molar refractivity (Wildman–Crippen MR) is 139 cm³/mol. The highest BCUT2D eigenvalue weighted by Gasteiger charge is 2.36. The normalized spacial score (nSPS) is 23.8. The van der Waals surface area contributed by atoms with E-state index < -0.39 is 6.17 Å². The van der Waals surface area contributed by atoms with Crippen LogP contribution in [0.2, 0.25) is 0 Å². The number of ether oxygens (including phenoxy) is 2. The van der Waals surface area contributed by atoms with E-state index in [-0.39, 0.29) is 11.9 Å². The number of aromatic nitrogens is 2. The smallest absolute Gasteiger partial charge is 0.320 e. The van der Waals surface area contributed by atoms with Crippen LogP contribution in [0.5, 0.6) is 6.01 Å². The van der Waals surface area contributed by atoms with Crippen molar-refractivity contribution in [1.29, 1.82) is 5.41 Å². The summed E-state index contributed by atoms with van der Waals surface area (Å²) in [5, 5.41) is 11.4. The summed E-state index contributed by atoms with van der Waals surface area (Å²) in [6, 6.07) is 6.51. The summed E-state index contributed by atoms with van der Waals surface area (Å²) in [6.07, 6.45) is 1.14. The summed E-state index contributed by atoms with van der Waals surface area (Å²) in [5.74, 6) is 1.21. The van der Waals surface area contributed by atoms with Gasteiger partial charge >= 0.3 is 6.01 Å². The van der Waals surface area contributed by atoms with Gasteiger partial charge in [0, 0.05) is 62.2 Å². The molecule has 2 N–H and O–H groups in total. The van der Waals surface area contributed by atoms with Gasteiger partial charge < -0.3 is 30.0 Å². The molecule has 0 spiro atoms. The first-order valence-corrected chi connectivity index (χ1v) is 12.7. The lowest BCUT2D eigenvalue weighted by Gasteiger charge is -2.43. The number of piperidine rings is 1. The highest BCUT2D eigenvalue weighted by Crippen LogP contribution is 2.37. The number of hydrogen-bond acceptors (Lipinski definition) is 9. The summed E-state index contributed by atoms with van der Waals surface area (Å²) in [4.78, 5) is 15.8. The van der Waals surface area contributed by atoms with Gasteiger partial charge in [-0.2, -0.15) is 9.97 Å². The van der Waals surface area contributed by atoms with E-state index in [0.29, 0.717) is 31.6 Å². The maximum Gasteiger partial charge on any atom is 0.320 e. The third kappa shape index (κ3) is 5.16. The zero-order chi connectivity index (χ0) is 25.2. The van der Waals surface area contributed by atoms with Gasteiger partial charge in [-0.05, 0) is 50.2 Å². The topological polar surface area (TPSA) is 89.8 Å². The van der Waals surface area contributed by atoms with Crippen molar-refractivity contribution in [1.82, 2.24) is 19.8 Å². The van der Waals surface area contributed by atoms with Gasteiger partial charge in [0.2, 0.25) is 0 Å². The minimum atomic E-state index is -0.945. The average molecular weight is 498 g/mol. The quantitative estimate of drug-likeness (QED) is 0.565. The molecule has 3 saturated heterocycles.